The maximum atomic E-state index is 12.0. The van der Waals surface area contributed by atoms with Crippen LogP contribution in [0, 0.1) is 6.92 Å². The third-order valence-corrected chi connectivity index (χ3v) is 5.28. The number of hydrogen-bond donors (Lipinski definition) is 2. The molecule has 0 aliphatic rings. The first-order valence-corrected chi connectivity index (χ1v) is 8.10. The minimum Gasteiger partial charge on any atom is -0.326 e. The molecule has 1 aromatic heterocycles. The molecule has 4 nitrogen and oxygen atoms in total. The highest BCUT2D eigenvalue weighted by molar-refractivity contribution is 7.89. The topological polar surface area (TPSA) is 72.2 Å². The molecule has 0 saturated carbocycles. The molecule has 0 aliphatic heterocycles. The summed E-state index contributed by atoms with van der Waals surface area (Å²) in [4.78, 5) is 2.07. The molecule has 0 fully saturated rings. The second-order valence-electron chi connectivity index (χ2n) is 3.94. The Balaban J connectivity index is 2.72. The van der Waals surface area contributed by atoms with Crippen molar-refractivity contribution in [3.8, 4) is 0 Å². The first kappa shape index (κ1) is 14.6. The normalized spacial score (nSPS) is 11.9. The lowest BCUT2D eigenvalue weighted by Crippen LogP contribution is -2.24. The molecule has 0 atom stereocenters. The van der Waals surface area contributed by atoms with Crippen molar-refractivity contribution in [1.82, 2.24) is 4.72 Å². The van der Waals surface area contributed by atoms with Crippen molar-refractivity contribution in [2.75, 3.05) is 6.54 Å². The highest BCUT2D eigenvalue weighted by atomic mass is 32.2. The van der Waals surface area contributed by atoms with Gasteiger partial charge in [-0.3, -0.25) is 0 Å². The van der Waals surface area contributed by atoms with E-state index in [2.05, 4.69) is 11.6 Å². The van der Waals surface area contributed by atoms with Gasteiger partial charge in [0.05, 0.1) is 4.90 Å². The summed E-state index contributed by atoms with van der Waals surface area (Å²) in [5.74, 6) is 0. The van der Waals surface area contributed by atoms with Crippen molar-refractivity contribution in [3.05, 3.63) is 15.8 Å². The van der Waals surface area contributed by atoms with Gasteiger partial charge in [0.1, 0.15) is 0 Å². The minimum absolute atomic E-state index is 0.374. The fraction of sp³-hybridized carbons (Fsp3) is 0.636. The molecule has 6 heteroatoms. The predicted octanol–water partition coefficient (Wildman–Crippen LogP) is 1.98. The Hall–Kier alpha value is -0.430. The van der Waals surface area contributed by atoms with Crippen LogP contribution in [0.15, 0.2) is 11.0 Å². The molecule has 98 valence electrons. The molecule has 1 heterocycles. The van der Waals surface area contributed by atoms with Crippen LogP contribution in [0.3, 0.4) is 0 Å². The number of aryl methyl sites for hydroxylation is 1. The van der Waals surface area contributed by atoms with Crippen molar-refractivity contribution in [1.29, 1.82) is 0 Å². The van der Waals surface area contributed by atoms with Crippen molar-refractivity contribution in [3.63, 3.8) is 0 Å². The van der Waals surface area contributed by atoms with Gasteiger partial charge in [0.2, 0.25) is 10.0 Å². The summed E-state index contributed by atoms with van der Waals surface area (Å²) in [5, 5.41) is 0. The van der Waals surface area contributed by atoms with E-state index in [0.717, 1.165) is 29.0 Å². The molecular weight excluding hydrogens is 256 g/mol. The summed E-state index contributed by atoms with van der Waals surface area (Å²) < 4.78 is 26.6. The molecule has 17 heavy (non-hydrogen) atoms. The van der Waals surface area contributed by atoms with E-state index in [9.17, 15) is 8.42 Å². The molecule has 0 radical (unpaired) electrons. The van der Waals surface area contributed by atoms with Gasteiger partial charge < -0.3 is 5.73 Å². The van der Waals surface area contributed by atoms with Crippen molar-refractivity contribution >= 4 is 21.4 Å². The van der Waals surface area contributed by atoms with Gasteiger partial charge in [-0.05, 0) is 19.4 Å². The van der Waals surface area contributed by atoms with E-state index in [1.807, 2.05) is 6.92 Å². The Morgan fingerprint density at radius 2 is 2.12 bits per heavy atom. The number of rotatable bonds is 7. The maximum Gasteiger partial charge on any atom is 0.241 e. The summed E-state index contributed by atoms with van der Waals surface area (Å²) in [5.41, 5.74) is 5.51. The maximum absolute atomic E-state index is 12.0. The lowest BCUT2D eigenvalue weighted by Gasteiger charge is -2.05. The third kappa shape index (κ3) is 4.06. The molecule has 0 aliphatic carbocycles. The molecule has 1 aromatic rings. The van der Waals surface area contributed by atoms with E-state index in [1.165, 1.54) is 11.3 Å². The number of unbranched alkanes of at least 4 members (excludes halogenated alkanes) is 2. The summed E-state index contributed by atoms with van der Waals surface area (Å²) >= 11 is 1.44. The van der Waals surface area contributed by atoms with Crippen molar-refractivity contribution in [2.24, 2.45) is 5.73 Å². The van der Waals surface area contributed by atoms with E-state index in [4.69, 9.17) is 5.73 Å². The molecule has 0 unspecified atom stereocenters. The zero-order valence-corrected chi connectivity index (χ0v) is 12.0. The molecule has 3 N–H and O–H groups in total. The largest absolute Gasteiger partial charge is 0.326 e. The van der Waals surface area contributed by atoms with Crippen molar-refractivity contribution < 1.29 is 8.42 Å². The lowest BCUT2D eigenvalue weighted by molar-refractivity contribution is 0.576. The van der Waals surface area contributed by atoms with Crippen LogP contribution >= 0.6 is 11.3 Å². The average molecular weight is 276 g/mol. The summed E-state index contributed by atoms with van der Waals surface area (Å²) in [6.07, 6.45) is 3.00. The summed E-state index contributed by atoms with van der Waals surface area (Å²) in [7, 11) is -3.36. The summed E-state index contributed by atoms with van der Waals surface area (Å²) in [6.45, 7) is 4.79. The van der Waals surface area contributed by atoms with Crippen LogP contribution in [0.25, 0.3) is 0 Å². The molecule has 0 amide bonds. The highest BCUT2D eigenvalue weighted by Crippen LogP contribution is 2.25. The van der Waals surface area contributed by atoms with Crippen LogP contribution in [-0.4, -0.2) is 15.0 Å². The Bertz CT molecular complexity index is 452. The van der Waals surface area contributed by atoms with E-state index >= 15 is 0 Å². The first-order valence-electron chi connectivity index (χ1n) is 5.80. The molecular formula is C11H20N2O2S2. The van der Waals surface area contributed by atoms with Gasteiger partial charge in [-0.2, -0.15) is 0 Å². The van der Waals surface area contributed by atoms with Gasteiger partial charge in [-0.25, -0.2) is 13.1 Å². The molecule has 0 saturated heterocycles. The Morgan fingerprint density at radius 3 is 2.65 bits per heavy atom. The standard InChI is InChI=1S/C11H20N2O2S2/c1-3-4-5-6-13-17(14,15)11-7-10(8-12)16-9(11)2/h7,13H,3-6,8,12H2,1-2H3. The second-order valence-corrected chi connectivity index (χ2v) is 7.02. The van der Waals surface area contributed by atoms with Gasteiger partial charge >= 0.3 is 0 Å². The van der Waals surface area contributed by atoms with Gasteiger partial charge in [-0.1, -0.05) is 19.8 Å². The highest BCUT2D eigenvalue weighted by Gasteiger charge is 2.18. The predicted molar refractivity (Wildman–Crippen MR) is 71.7 cm³/mol. The van der Waals surface area contributed by atoms with Crippen LogP contribution in [0.1, 0.15) is 35.9 Å². The number of sulfonamides is 1. The van der Waals surface area contributed by atoms with E-state index in [0.29, 0.717) is 18.0 Å². The average Bonchev–Trinajstić information content (AvgIpc) is 2.67. The van der Waals surface area contributed by atoms with Crippen LogP contribution in [0.5, 0.6) is 0 Å². The van der Waals surface area contributed by atoms with Gasteiger partial charge in [-0.15, -0.1) is 11.3 Å². The quantitative estimate of drug-likeness (QED) is 0.748. The smallest absolute Gasteiger partial charge is 0.241 e. The van der Waals surface area contributed by atoms with Crippen molar-refractivity contribution in [2.45, 2.75) is 44.6 Å². The fourth-order valence-electron chi connectivity index (χ4n) is 1.55. The first-order chi connectivity index (χ1) is 8.01. The number of nitrogens with two attached hydrogens (primary N) is 1. The lowest BCUT2D eigenvalue weighted by atomic mass is 10.3. The molecule has 0 bridgehead atoms. The second kappa shape index (κ2) is 6.49. The molecule has 0 aromatic carbocycles. The Kier molecular flexibility index (Phi) is 5.58. The summed E-state index contributed by atoms with van der Waals surface area (Å²) in [6, 6.07) is 1.67. The number of thiophene rings is 1. The van der Waals surface area contributed by atoms with Gasteiger partial charge in [0.25, 0.3) is 0 Å². The molecule has 0 spiro atoms. The number of hydrogen-bond acceptors (Lipinski definition) is 4. The van der Waals surface area contributed by atoms with Crippen LogP contribution < -0.4 is 10.5 Å². The minimum atomic E-state index is -3.36. The monoisotopic (exact) mass is 276 g/mol. The third-order valence-electron chi connectivity index (χ3n) is 2.49. The van der Waals surface area contributed by atoms with Crippen LogP contribution in [-0.2, 0) is 16.6 Å². The van der Waals surface area contributed by atoms with E-state index in [-0.39, 0.29) is 0 Å². The molecule has 1 rings (SSSR count). The van der Waals surface area contributed by atoms with Crippen LogP contribution in [0.4, 0.5) is 0 Å². The van der Waals surface area contributed by atoms with E-state index < -0.39 is 10.0 Å². The van der Waals surface area contributed by atoms with E-state index in [1.54, 1.807) is 6.07 Å². The fourth-order valence-corrected chi connectivity index (χ4v) is 4.14. The Labute approximate surface area is 107 Å². The zero-order chi connectivity index (χ0) is 12.9. The Morgan fingerprint density at radius 1 is 1.41 bits per heavy atom. The van der Waals surface area contributed by atoms with Crippen LogP contribution in [0.2, 0.25) is 0 Å². The zero-order valence-electron chi connectivity index (χ0n) is 10.3. The number of nitrogens with one attached hydrogen (secondary N) is 1. The van der Waals surface area contributed by atoms with Gasteiger partial charge in [0, 0.05) is 22.8 Å². The van der Waals surface area contributed by atoms with Gasteiger partial charge in [0.15, 0.2) is 0 Å². The SMILES string of the molecule is CCCCCNS(=O)(=O)c1cc(CN)sc1C.